The number of benzene rings is 1. The summed E-state index contributed by atoms with van der Waals surface area (Å²) in [6, 6.07) is 6.97. The molecule has 6 heteroatoms. The highest BCUT2D eigenvalue weighted by molar-refractivity contribution is 5.74. The van der Waals surface area contributed by atoms with Crippen LogP contribution >= 0.6 is 0 Å². The molecule has 82 valence electrons. The maximum Gasteiger partial charge on any atom is 0.203 e. The summed E-state index contributed by atoms with van der Waals surface area (Å²) in [4.78, 5) is 10.4. The van der Waals surface area contributed by atoms with E-state index in [1.54, 1.807) is 24.3 Å². The molecule has 1 unspecified atom stereocenters. The van der Waals surface area contributed by atoms with Crippen LogP contribution in [0.5, 0.6) is 0 Å². The van der Waals surface area contributed by atoms with Crippen molar-refractivity contribution in [1.82, 2.24) is 20.6 Å². The number of nitrogens with one attached hydrogen (secondary N) is 1. The fourth-order valence-electron chi connectivity index (χ4n) is 1.36. The fourth-order valence-corrected chi connectivity index (χ4v) is 1.36. The monoisotopic (exact) mass is 218 g/mol. The van der Waals surface area contributed by atoms with Crippen LogP contribution in [-0.4, -0.2) is 32.0 Å². The number of aldehydes is 1. The third-order valence-corrected chi connectivity index (χ3v) is 2.20. The second-order valence-corrected chi connectivity index (χ2v) is 3.35. The molecule has 0 radical (unpaired) electrons. The molecule has 6 nitrogen and oxygen atoms in total. The van der Waals surface area contributed by atoms with E-state index < -0.39 is 6.10 Å². The number of nitrogens with zero attached hydrogens (tertiary/aromatic N) is 3. The van der Waals surface area contributed by atoms with E-state index in [-0.39, 0.29) is 5.82 Å². The van der Waals surface area contributed by atoms with Gasteiger partial charge in [0.05, 0.1) is 0 Å². The van der Waals surface area contributed by atoms with Crippen LogP contribution in [0.1, 0.15) is 27.8 Å². The Morgan fingerprint density at radius 3 is 2.69 bits per heavy atom. The van der Waals surface area contributed by atoms with Gasteiger partial charge in [0.15, 0.2) is 0 Å². The molecule has 0 aliphatic carbocycles. The number of rotatable bonds is 4. The Kier molecular flexibility index (Phi) is 3.02. The summed E-state index contributed by atoms with van der Waals surface area (Å²) in [5, 5.41) is 22.8. The van der Waals surface area contributed by atoms with Crippen LogP contribution < -0.4 is 0 Å². The van der Waals surface area contributed by atoms with Gasteiger partial charge in [-0.1, -0.05) is 29.5 Å². The largest absolute Gasteiger partial charge is 0.385 e. The van der Waals surface area contributed by atoms with E-state index in [0.717, 1.165) is 11.8 Å². The SMILES string of the molecule is O=Cc1ccc(CC(O)c2nn[nH]n2)cc1. The van der Waals surface area contributed by atoms with E-state index >= 15 is 0 Å². The Balaban J connectivity index is 2.06. The van der Waals surface area contributed by atoms with Crippen molar-refractivity contribution in [3.8, 4) is 0 Å². The Labute approximate surface area is 91.3 Å². The molecule has 0 aliphatic heterocycles. The van der Waals surface area contributed by atoms with E-state index in [1.807, 2.05) is 0 Å². The third kappa shape index (κ3) is 2.29. The predicted octanol–water partition coefficient (Wildman–Crippen LogP) is 0.288. The molecule has 2 rings (SSSR count). The standard InChI is InChI=1S/C10H10N4O2/c15-6-8-3-1-7(2-4-8)5-9(16)10-11-13-14-12-10/h1-4,6,9,16H,5H2,(H,11,12,13,14). The van der Waals surface area contributed by atoms with Gasteiger partial charge in [-0.2, -0.15) is 5.21 Å². The molecule has 16 heavy (non-hydrogen) atoms. The molecule has 0 bridgehead atoms. The molecule has 1 heterocycles. The number of hydrogen-bond donors (Lipinski definition) is 2. The molecule has 2 N–H and O–H groups in total. The number of carbonyl (C=O) groups excluding carboxylic acids is 1. The molecule has 0 amide bonds. The summed E-state index contributed by atoms with van der Waals surface area (Å²) in [6.45, 7) is 0. The van der Waals surface area contributed by atoms with Gasteiger partial charge < -0.3 is 5.11 Å². The van der Waals surface area contributed by atoms with Crippen molar-refractivity contribution in [2.75, 3.05) is 0 Å². The molecular weight excluding hydrogens is 208 g/mol. The lowest BCUT2D eigenvalue weighted by Gasteiger charge is -2.05. The topological polar surface area (TPSA) is 91.8 Å². The highest BCUT2D eigenvalue weighted by Gasteiger charge is 2.12. The lowest BCUT2D eigenvalue weighted by molar-refractivity contribution is 0.112. The van der Waals surface area contributed by atoms with Crippen LogP contribution in [0.25, 0.3) is 0 Å². The number of aromatic nitrogens is 4. The third-order valence-electron chi connectivity index (χ3n) is 2.20. The number of aromatic amines is 1. The molecule has 0 saturated heterocycles. The Morgan fingerprint density at radius 2 is 2.12 bits per heavy atom. The molecule has 1 aromatic carbocycles. The lowest BCUT2D eigenvalue weighted by atomic mass is 10.1. The second-order valence-electron chi connectivity index (χ2n) is 3.35. The molecule has 0 saturated carbocycles. The molecule has 0 fully saturated rings. The summed E-state index contributed by atoms with van der Waals surface area (Å²) >= 11 is 0. The van der Waals surface area contributed by atoms with Crippen LogP contribution in [0.15, 0.2) is 24.3 Å². The summed E-state index contributed by atoms with van der Waals surface area (Å²) in [6.07, 6.45) is 0.374. The minimum Gasteiger partial charge on any atom is -0.385 e. The van der Waals surface area contributed by atoms with Crippen LogP contribution in [-0.2, 0) is 6.42 Å². The van der Waals surface area contributed by atoms with Crippen LogP contribution in [0.3, 0.4) is 0 Å². The summed E-state index contributed by atoms with van der Waals surface area (Å²) in [7, 11) is 0. The van der Waals surface area contributed by atoms with Crippen molar-refractivity contribution < 1.29 is 9.90 Å². The van der Waals surface area contributed by atoms with E-state index in [0.29, 0.717) is 12.0 Å². The van der Waals surface area contributed by atoms with Crippen molar-refractivity contribution in [1.29, 1.82) is 0 Å². The number of H-pyrrole nitrogens is 1. The van der Waals surface area contributed by atoms with Crippen molar-refractivity contribution in [2.45, 2.75) is 12.5 Å². The quantitative estimate of drug-likeness (QED) is 0.719. The van der Waals surface area contributed by atoms with E-state index in [1.165, 1.54) is 0 Å². The zero-order valence-electron chi connectivity index (χ0n) is 8.37. The molecule has 2 aromatic rings. The van der Waals surface area contributed by atoms with Gasteiger partial charge in [-0.05, 0) is 5.56 Å². The van der Waals surface area contributed by atoms with Crippen molar-refractivity contribution in [2.24, 2.45) is 0 Å². The molecule has 1 atom stereocenters. The first kappa shape index (κ1) is 10.4. The molecule has 1 aromatic heterocycles. The zero-order valence-corrected chi connectivity index (χ0v) is 8.37. The van der Waals surface area contributed by atoms with Gasteiger partial charge in [0.2, 0.25) is 5.82 Å². The van der Waals surface area contributed by atoms with E-state index in [9.17, 15) is 9.90 Å². The normalized spacial score (nSPS) is 12.3. The summed E-state index contributed by atoms with van der Waals surface area (Å²) in [5.74, 6) is 0.263. The minimum atomic E-state index is -0.791. The zero-order chi connectivity index (χ0) is 11.4. The van der Waals surface area contributed by atoms with Gasteiger partial charge >= 0.3 is 0 Å². The smallest absolute Gasteiger partial charge is 0.203 e. The maximum absolute atomic E-state index is 10.4. The average molecular weight is 218 g/mol. The number of hydrogen-bond acceptors (Lipinski definition) is 5. The molecule has 0 spiro atoms. The molecule has 0 aliphatic rings. The van der Waals surface area contributed by atoms with Gasteiger partial charge in [-0.15, -0.1) is 10.2 Å². The van der Waals surface area contributed by atoms with Gasteiger partial charge in [0, 0.05) is 12.0 Å². The van der Waals surface area contributed by atoms with Crippen LogP contribution in [0, 0.1) is 0 Å². The van der Waals surface area contributed by atoms with Crippen LogP contribution in [0.2, 0.25) is 0 Å². The van der Waals surface area contributed by atoms with E-state index in [2.05, 4.69) is 20.6 Å². The van der Waals surface area contributed by atoms with Gasteiger partial charge in [0.1, 0.15) is 12.4 Å². The predicted molar refractivity (Wildman–Crippen MR) is 54.7 cm³/mol. The van der Waals surface area contributed by atoms with E-state index in [4.69, 9.17) is 0 Å². The number of aliphatic hydroxyl groups excluding tert-OH is 1. The first-order valence-electron chi connectivity index (χ1n) is 4.75. The Morgan fingerprint density at radius 1 is 1.38 bits per heavy atom. The van der Waals surface area contributed by atoms with Crippen LogP contribution in [0.4, 0.5) is 0 Å². The number of aliphatic hydroxyl groups is 1. The van der Waals surface area contributed by atoms with Gasteiger partial charge in [0.25, 0.3) is 0 Å². The van der Waals surface area contributed by atoms with Gasteiger partial charge in [-0.25, -0.2) is 0 Å². The molecular formula is C10H10N4O2. The first-order valence-corrected chi connectivity index (χ1v) is 4.75. The highest BCUT2D eigenvalue weighted by atomic mass is 16.3. The fraction of sp³-hybridized carbons (Fsp3) is 0.200. The highest BCUT2D eigenvalue weighted by Crippen LogP contribution is 2.13. The van der Waals surface area contributed by atoms with Crippen molar-refractivity contribution in [3.63, 3.8) is 0 Å². The number of carbonyl (C=O) groups is 1. The van der Waals surface area contributed by atoms with Crippen molar-refractivity contribution in [3.05, 3.63) is 41.2 Å². The van der Waals surface area contributed by atoms with Gasteiger partial charge in [-0.3, -0.25) is 4.79 Å². The summed E-state index contributed by atoms with van der Waals surface area (Å²) in [5.41, 5.74) is 1.51. The Hall–Kier alpha value is -2.08. The summed E-state index contributed by atoms with van der Waals surface area (Å²) < 4.78 is 0. The second kappa shape index (κ2) is 4.63. The maximum atomic E-state index is 10.4. The average Bonchev–Trinajstić information content (AvgIpc) is 2.83. The van der Waals surface area contributed by atoms with Crippen molar-refractivity contribution >= 4 is 6.29 Å². The minimum absolute atomic E-state index is 0.263. The Bertz CT molecular complexity index is 452. The number of tetrazole rings is 1. The lowest BCUT2D eigenvalue weighted by Crippen LogP contribution is -2.04. The first-order chi connectivity index (χ1) is 7.79.